The zero-order valence-electron chi connectivity index (χ0n) is 12.1. The average molecular weight is 326 g/mol. The minimum Gasteiger partial charge on any atom is -0.383 e. The molecule has 1 heterocycles. The first-order valence-electron chi connectivity index (χ1n) is 6.54. The number of carbonyl (C=O) groups is 1. The lowest BCUT2D eigenvalue weighted by Crippen LogP contribution is -2.16. The lowest BCUT2D eigenvalue weighted by Gasteiger charge is -2.07. The molecule has 9 heteroatoms. The normalized spacial score (nSPS) is 10.4. The molecule has 0 spiro atoms. The number of ether oxygens (including phenoxy) is 1. The maximum atomic E-state index is 13.5. The van der Waals surface area contributed by atoms with E-state index in [-0.39, 0.29) is 5.82 Å². The number of aromatic nitrogens is 2. The van der Waals surface area contributed by atoms with Gasteiger partial charge in [0.2, 0.25) is 0 Å². The highest BCUT2D eigenvalue weighted by Crippen LogP contribution is 2.16. The summed E-state index contributed by atoms with van der Waals surface area (Å²) >= 11 is 0. The van der Waals surface area contributed by atoms with E-state index in [2.05, 4.69) is 20.8 Å². The van der Waals surface area contributed by atoms with Crippen molar-refractivity contribution >= 4 is 17.5 Å². The molecule has 0 saturated heterocycles. The smallest absolute Gasteiger partial charge is 0.259 e. The molecule has 2 aromatic rings. The van der Waals surface area contributed by atoms with Crippen LogP contribution in [0.25, 0.3) is 0 Å². The van der Waals surface area contributed by atoms with Crippen LogP contribution in [0.4, 0.5) is 24.8 Å². The highest BCUT2D eigenvalue weighted by atomic mass is 19.2. The third-order valence-corrected chi connectivity index (χ3v) is 2.80. The van der Waals surface area contributed by atoms with Gasteiger partial charge in [-0.15, -0.1) is 10.2 Å². The number of nitrogens with one attached hydrogen (secondary N) is 2. The molecular formula is C14H13F3N4O2. The maximum Gasteiger partial charge on any atom is 0.259 e. The quantitative estimate of drug-likeness (QED) is 0.629. The summed E-state index contributed by atoms with van der Waals surface area (Å²) in [5.74, 6) is -5.11. The van der Waals surface area contributed by atoms with Gasteiger partial charge in [-0.3, -0.25) is 4.79 Å². The van der Waals surface area contributed by atoms with E-state index in [1.807, 2.05) is 0 Å². The van der Waals surface area contributed by atoms with Crippen molar-refractivity contribution in [2.75, 3.05) is 30.9 Å². The molecule has 2 rings (SSSR count). The molecule has 0 fully saturated rings. The predicted molar refractivity (Wildman–Crippen MR) is 76.7 cm³/mol. The molecule has 0 radical (unpaired) electrons. The number of nitrogens with zero attached hydrogens (tertiary/aromatic N) is 2. The van der Waals surface area contributed by atoms with Crippen LogP contribution in [0.15, 0.2) is 24.3 Å². The van der Waals surface area contributed by atoms with Gasteiger partial charge in [0, 0.05) is 13.7 Å². The number of halogens is 3. The van der Waals surface area contributed by atoms with E-state index in [1.165, 1.54) is 6.07 Å². The van der Waals surface area contributed by atoms with Gasteiger partial charge in [-0.25, -0.2) is 13.2 Å². The Balaban J connectivity index is 2.04. The van der Waals surface area contributed by atoms with Gasteiger partial charge in [-0.05, 0) is 24.3 Å². The number of benzene rings is 1. The fourth-order valence-corrected chi connectivity index (χ4v) is 1.66. The van der Waals surface area contributed by atoms with E-state index < -0.39 is 28.9 Å². The van der Waals surface area contributed by atoms with E-state index in [9.17, 15) is 18.0 Å². The summed E-state index contributed by atoms with van der Waals surface area (Å²) in [4.78, 5) is 11.9. The Kier molecular flexibility index (Phi) is 5.47. The van der Waals surface area contributed by atoms with Crippen LogP contribution in [0.2, 0.25) is 0 Å². The topological polar surface area (TPSA) is 76.1 Å². The Morgan fingerprint density at radius 3 is 2.43 bits per heavy atom. The Bertz CT molecular complexity index is 695. The van der Waals surface area contributed by atoms with Crippen LogP contribution in [-0.4, -0.2) is 36.4 Å². The first-order valence-corrected chi connectivity index (χ1v) is 6.54. The summed E-state index contributed by atoms with van der Waals surface area (Å²) in [6, 6.07) is 4.48. The van der Waals surface area contributed by atoms with E-state index in [4.69, 9.17) is 4.74 Å². The van der Waals surface area contributed by atoms with E-state index in [0.29, 0.717) is 25.0 Å². The Hall–Kier alpha value is -2.68. The molecule has 0 bridgehead atoms. The molecule has 122 valence electrons. The molecule has 1 aromatic heterocycles. The van der Waals surface area contributed by atoms with Crippen molar-refractivity contribution in [1.29, 1.82) is 0 Å². The zero-order chi connectivity index (χ0) is 16.8. The first-order chi connectivity index (χ1) is 11.0. The van der Waals surface area contributed by atoms with Gasteiger partial charge in [-0.1, -0.05) is 0 Å². The van der Waals surface area contributed by atoms with Gasteiger partial charge < -0.3 is 15.4 Å². The Morgan fingerprint density at radius 2 is 1.78 bits per heavy atom. The number of hydrogen-bond donors (Lipinski definition) is 2. The van der Waals surface area contributed by atoms with Crippen molar-refractivity contribution in [2.24, 2.45) is 0 Å². The summed E-state index contributed by atoms with van der Waals surface area (Å²) in [7, 11) is 1.56. The summed E-state index contributed by atoms with van der Waals surface area (Å²) in [5.41, 5.74) is -0.631. The number of amides is 1. The standard InChI is InChI=1S/C14H13F3N4O2/c1-23-7-6-18-10-4-5-11(21-20-10)19-14(22)8-2-3-9(15)13(17)12(8)16/h2-5H,6-7H2,1H3,(H,18,20)(H,19,21,22). The molecule has 1 aromatic carbocycles. The van der Waals surface area contributed by atoms with Crippen LogP contribution in [-0.2, 0) is 4.74 Å². The van der Waals surface area contributed by atoms with Gasteiger partial charge in [-0.2, -0.15) is 0 Å². The van der Waals surface area contributed by atoms with Crippen molar-refractivity contribution in [3.63, 3.8) is 0 Å². The number of methoxy groups -OCH3 is 1. The molecule has 23 heavy (non-hydrogen) atoms. The van der Waals surface area contributed by atoms with Crippen LogP contribution in [0.3, 0.4) is 0 Å². The molecule has 2 N–H and O–H groups in total. The van der Waals surface area contributed by atoms with E-state index in [0.717, 1.165) is 6.07 Å². The first kappa shape index (κ1) is 16.7. The summed E-state index contributed by atoms with van der Waals surface area (Å²) in [5, 5.41) is 12.7. The summed E-state index contributed by atoms with van der Waals surface area (Å²) in [6.07, 6.45) is 0. The van der Waals surface area contributed by atoms with E-state index >= 15 is 0 Å². The molecule has 0 atom stereocenters. The molecule has 0 saturated carbocycles. The second-order valence-electron chi connectivity index (χ2n) is 4.40. The largest absolute Gasteiger partial charge is 0.383 e. The van der Waals surface area contributed by atoms with Gasteiger partial charge in [0.05, 0.1) is 12.2 Å². The third kappa shape index (κ3) is 4.16. The van der Waals surface area contributed by atoms with Gasteiger partial charge in [0.25, 0.3) is 5.91 Å². The molecular weight excluding hydrogens is 313 g/mol. The number of carbonyl (C=O) groups excluding carboxylic acids is 1. The number of hydrogen-bond acceptors (Lipinski definition) is 5. The van der Waals surface area contributed by atoms with Crippen LogP contribution >= 0.6 is 0 Å². The van der Waals surface area contributed by atoms with Crippen molar-refractivity contribution in [1.82, 2.24) is 10.2 Å². The maximum absolute atomic E-state index is 13.5. The minimum atomic E-state index is -1.71. The summed E-state index contributed by atoms with van der Waals surface area (Å²) < 4.78 is 44.3. The number of anilines is 2. The molecule has 0 aliphatic rings. The minimum absolute atomic E-state index is 0.0384. The van der Waals surface area contributed by atoms with Crippen molar-refractivity contribution in [2.45, 2.75) is 0 Å². The van der Waals surface area contributed by atoms with Gasteiger partial charge in [0.15, 0.2) is 23.3 Å². The predicted octanol–water partition coefficient (Wildman–Crippen LogP) is 2.20. The molecule has 1 amide bonds. The molecule has 0 aliphatic carbocycles. The van der Waals surface area contributed by atoms with Crippen LogP contribution in [0, 0.1) is 17.5 Å². The van der Waals surface area contributed by atoms with E-state index in [1.54, 1.807) is 13.2 Å². The Labute approximate surface area is 129 Å². The van der Waals surface area contributed by atoms with Gasteiger partial charge in [0.1, 0.15) is 5.82 Å². The summed E-state index contributed by atoms with van der Waals surface area (Å²) in [6.45, 7) is 1.01. The van der Waals surface area contributed by atoms with Crippen LogP contribution in [0.5, 0.6) is 0 Å². The zero-order valence-corrected chi connectivity index (χ0v) is 12.1. The van der Waals surface area contributed by atoms with Crippen molar-refractivity contribution < 1.29 is 22.7 Å². The lowest BCUT2D eigenvalue weighted by molar-refractivity contribution is 0.102. The fraction of sp³-hybridized carbons (Fsp3) is 0.214. The van der Waals surface area contributed by atoms with Crippen LogP contribution < -0.4 is 10.6 Å². The highest BCUT2D eigenvalue weighted by Gasteiger charge is 2.19. The fourth-order valence-electron chi connectivity index (χ4n) is 1.66. The second kappa shape index (κ2) is 7.54. The molecule has 0 aliphatic heterocycles. The lowest BCUT2D eigenvalue weighted by atomic mass is 10.2. The molecule has 0 unspecified atom stereocenters. The van der Waals surface area contributed by atoms with Crippen molar-refractivity contribution in [3.05, 3.63) is 47.3 Å². The SMILES string of the molecule is COCCNc1ccc(NC(=O)c2ccc(F)c(F)c2F)nn1. The van der Waals surface area contributed by atoms with Gasteiger partial charge >= 0.3 is 0 Å². The highest BCUT2D eigenvalue weighted by molar-refractivity contribution is 6.03. The molecule has 6 nitrogen and oxygen atoms in total. The number of rotatable bonds is 6. The van der Waals surface area contributed by atoms with Crippen molar-refractivity contribution in [3.8, 4) is 0 Å². The Morgan fingerprint density at radius 1 is 1.09 bits per heavy atom. The monoisotopic (exact) mass is 326 g/mol. The van der Waals surface area contributed by atoms with Crippen LogP contribution in [0.1, 0.15) is 10.4 Å². The second-order valence-corrected chi connectivity index (χ2v) is 4.40. The third-order valence-electron chi connectivity index (χ3n) is 2.80. The average Bonchev–Trinajstić information content (AvgIpc) is 2.54.